The summed E-state index contributed by atoms with van der Waals surface area (Å²) in [6.07, 6.45) is 3.34. The van der Waals surface area contributed by atoms with Crippen LogP contribution in [0.15, 0.2) is 36.7 Å². The van der Waals surface area contributed by atoms with Crippen LogP contribution in [0.2, 0.25) is 0 Å². The number of halogens is 3. The number of hydrogen-bond acceptors (Lipinski definition) is 3. The molecule has 0 aliphatic carbocycles. The zero-order chi connectivity index (χ0) is 16.4. The predicted molar refractivity (Wildman–Crippen MR) is 78.7 cm³/mol. The number of benzene rings is 1. The molecule has 0 radical (unpaired) electrons. The molecule has 1 aliphatic heterocycles. The molecule has 2 aromatic rings. The van der Waals surface area contributed by atoms with Crippen LogP contribution in [0.3, 0.4) is 0 Å². The van der Waals surface area contributed by atoms with Crippen LogP contribution in [0, 0.1) is 17.5 Å². The van der Waals surface area contributed by atoms with E-state index < -0.39 is 28.9 Å². The van der Waals surface area contributed by atoms with E-state index in [2.05, 4.69) is 4.98 Å². The third-order valence-electron chi connectivity index (χ3n) is 3.85. The van der Waals surface area contributed by atoms with Gasteiger partial charge in [-0.2, -0.15) is 0 Å². The van der Waals surface area contributed by atoms with Crippen LogP contribution < -0.4 is 4.90 Å². The van der Waals surface area contributed by atoms with Gasteiger partial charge in [-0.05, 0) is 24.3 Å². The second-order valence-electron chi connectivity index (χ2n) is 5.20. The Balaban J connectivity index is 1.73. The van der Waals surface area contributed by atoms with E-state index in [1.807, 2.05) is 17.0 Å². The first-order valence-corrected chi connectivity index (χ1v) is 7.15. The van der Waals surface area contributed by atoms with Crippen LogP contribution in [-0.2, 0) is 0 Å². The molecule has 4 nitrogen and oxygen atoms in total. The van der Waals surface area contributed by atoms with Gasteiger partial charge in [0.1, 0.15) is 11.4 Å². The first-order valence-electron chi connectivity index (χ1n) is 7.15. The molecule has 120 valence electrons. The molecule has 1 aromatic heterocycles. The first kappa shape index (κ1) is 15.3. The minimum atomic E-state index is -1.44. The molecule has 0 bridgehead atoms. The number of piperazine rings is 1. The van der Waals surface area contributed by atoms with Gasteiger partial charge in [0, 0.05) is 44.3 Å². The van der Waals surface area contributed by atoms with E-state index >= 15 is 0 Å². The van der Waals surface area contributed by atoms with Gasteiger partial charge in [0.2, 0.25) is 0 Å². The predicted octanol–water partition coefficient (Wildman–Crippen LogP) is 2.46. The highest BCUT2D eigenvalue weighted by Gasteiger charge is 2.28. The first-order chi connectivity index (χ1) is 11.1. The van der Waals surface area contributed by atoms with E-state index in [1.54, 1.807) is 12.4 Å². The fourth-order valence-corrected chi connectivity index (χ4v) is 2.60. The lowest BCUT2D eigenvalue weighted by molar-refractivity contribution is 0.0735. The van der Waals surface area contributed by atoms with E-state index in [4.69, 9.17) is 0 Å². The largest absolute Gasteiger partial charge is 0.368 e. The summed E-state index contributed by atoms with van der Waals surface area (Å²) in [5.74, 6) is -4.55. The highest BCUT2D eigenvalue weighted by Crippen LogP contribution is 2.20. The standard InChI is InChI=1S/C16H14F3N3O/c17-12-1-2-13(18)15(19)14(12)16(23)22-9-7-21(8-10-22)11-3-5-20-6-4-11/h1-6H,7-10H2. The summed E-state index contributed by atoms with van der Waals surface area (Å²) in [6, 6.07) is 5.13. The van der Waals surface area contributed by atoms with Gasteiger partial charge >= 0.3 is 0 Å². The summed E-state index contributed by atoms with van der Waals surface area (Å²) in [5, 5.41) is 0. The quantitative estimate of drug-likeness (QED) is 0.797. The van der Waals surface area contributed by atoms with E-state index in [-0.39, 0.29) is 0 Å². The van der Waals surface area contributed by atoms with Gasteiger partial charge in [-0.25, -0.2) is 13.2 Å². The molecule has 1 amide bonds. The Morgan fingerprint density at radius 2 is 1.52 bits per heavy atom. The monoisotopic (exact) mass is 321 g/mol. The van der Waals surface area contributed by atoms with Crippen molar-refractivity contribution in [3.63, 3.8) is 0 Å². The summed E-state index contributed by atoms with van der Waals surface area (Å²) in [5.41, 5.74) is 0.137. The van der Waals surface area contributed by atoms with E-state index in [0.717, 1.165) is 11.8 Å². The number of anilines is 1. The van der Waals surface area contributed by atoms with Crippen LogP contribution in [0.25, 0.3) is 0 Å². The van der Waals surface area contributed by atoms with Crippen LogP contribution in [0.1, 0.15) is 10.4 Å². The SMILES string of the molecule is O=C(c1c(F)ccc(F)c1F)N1CCN(c2ccncc2)CC1. The Morgan fingerprint density at radius 3 is 2.17 bits per heavy atom. The third-order valence-corrected chi connectivity index (χ3v) is 3.85. The minimum absolute atomic E-state index is 0.302. The summed E-state index contributed by atoms with van der Waals surface area (Å²) in [4.78, 5) is 19.6. The molecule has 0 saturated carbocycles. The second-order valence-corrected chi connectivity index (χ2v) is 5.20. The zero-order valence-electron chi connectivity index (χ0n) is 12.2. The highest BCUT2D eigenvalue weighted by molar-refractivity contribution is 5.95. The Hall–Kier alpha value is -2.57. The smallest absolute Gasteiger partial charge is 0.260 e. The zero-order valence-corrected chi connectivity index (χ0v) is 12.2. The lowest BCUT2D eigenvalue weighted by Gasteiger charge is -2.36. The van der Waals surface area contributed by atoms with E-state index in [0.29, 0.717) is 32.2 Å². The molecular weight excluding hydrogens is 307 g/mol. The Bertz CT molecular complexity index is 716. The van der Waals surface area contributed by atoms with Crippen molar-refractivity contribution in [2.45, 2.75) is 0 Å². The molecule has 2 heterocycles. The van der Waals surface area contributed by atoms with Crippen molar-refractivity contribution in [3.05, 3.63) is 59.7 Å². The number of amides is 1. The minimum Gasteiger partial charge on any atom is -0.368 e. The van der Waals surface area contributed by atoms with Gasteiger partial charge in [0.05, 0.1) is 0 Å². The van der Waals surface area contributed by atoms with Crippen LogP contribution >= 0.6 is 0 Å². The van der Waals surface area contributed by atoms with Crippen molar-refractivity contribution in [1.29, 1.82) is 0 Å². The van der Waals surface area contributed by atoms with Crippen molar-refractivity contribution >= 4 is 11.6 Å². The fraction of sp³-hybridized carbons (Fsp3) is 0.250. The van der Waals surface area contributed by atoms with Crippen LogP contribution in [-0.4, -0.2) is 42.0 Å². The average Bonchev–Trinajstić information content (AvgIpc) is 2.59. The topological polar surface area (TPSA) is 36.4 Å². The molecule has 1 aromatic carbocycles. The normalized spacial score (nSPS) is 14.9. The maximum Gasteiger partial charge on any atom is 0.260 e. The van der Waals surface area contributed by atoms with Crippen molar-refractivity contribution in [1.82, 2.24) is 9.88 Å². The highest BCUT2D eigenvalue weighted by atomic mass is 19.2. The molecule has 1 saturated heterocycles. The molecule has 0 atom stereocenters. The van der Waals surface area contributed by atoms with Crippen molar-refractivity contribution in [3.8, 4) is 0 Å². The van der Waals surface area contributed by atoms with Crippen molar-refractivity contribution in [2.24, 2.45) is 0 Å². The second kappa shape index (κ2) is 6.28. The molecule has 0 unspecified atom stereocenters. The molecule has 1 aliphatic rings. The maximum absolute atomic E-state index is 13.7. The maximum atomic E-state index is 13.7. The van der Waals surface area contributed by atoms with Gasteiger partial charge in [-0.3, -0.25) is 9.78 Å². The number of nitrogens with zero attached hydrogens (tertiary/aromatic N) is 3. The molecule has 3 rings (SSSR count). The number of rotatable bonds is 2. The lowest BCUT2D eigenvalue weighted by atomic mass is 10.1. The average molecular weight is 321 g/mol. The molecule has 0 spiro atoms. The van der Waals surface area contributed by atoms with Gasteiger partial charge in [0.25, 0.3) is 5.91 Å². The Morgan fingerprint density at radius 1 is 0.913 bits per heavy atom. The van der Waals surface area contributed by atoms with Gasteiger partial charge in [-0.15, -0.1) is 0 Å². The Labute approximate surface area is 131 Å². The summed E-state index contributed by atoms with van der Waals surface area (Å²) in [6.45, 7) is 1.65. The molecule has 7 heteroatoms. The molecule has 23 heavy (non-hydrogen) atoms. The number of aromatic nitrogens is 1. The molecular formula is C16H14F3N3O. The molecule has 0 N–H and O–H groups in total. The fourth-order valence-electron chi connectivity index (χ4n) is 2.60. The number of carbonyl (C=O) groups is 1. The number of hydrogen-bond donors (Lipinski definition) is 0. The number of carbonyl (C=O) groups excluding carboxylic acids is 1. The van der Waals surface area contributed by atoms with E-state index in [1.165, 1.54) is 4.90 Å². The van der Waals surface area contributed by atoms with Crippen LogP contribution in [0.5, 0.6) is 0 Å². The van der Waals surface area contributed by atoms with Gasteiger partial charge in [-0.1, -0.05) is 0 Å². The number of pyridine rings is 1. The van der Waals surface area contributed by atoms with Gasteiger partial charge in [0.15, 0.2) is 11.6 Å². The Kier molecular flexibility index (Phi) is 4.18. The van der Waals surface area contributed by atoms with Gasteiger partial charge < -0.3 is 9.80 Å². The van der Waals surface area contributed by atoms with Crippen LogP contribution in [0.4, 0.5) is 18.9 Å². The third kappa shape index (κ3) is 2.99. The molecule has 1 fully saturated rings. The van der Waals surface area contributed by atoms with Crippen molar-refractivity contribution < 1.29 is 18.0 Å². The summed E-state index contributed by atoms with van der Waals surface area (Å²) >= 11 is 0. The van der Waals surface area contributed by atoms with E-state index in [9.17, 15) is 18.0 Å². The summed E-state index contributed by atoms with van der Waals surface area (Å²) in [7, 11) is 0. The lowest BCUT2D eigenvalue weighted by Crippen LogP contribution is -2.49. The summed E-state index contributed by atoms with van der Waals surface area (Å²) < 4.78 is 40.7. The van der Waals surface area contributed by atoms with Crippen molar-refractivity contribution in [2.75, 3.05) is 31.1 Å².